The van der Waals surface area contributed by atoms with Gasteiger partial charge in [0.15, 0.2) is 0 Å². The molecule has 0 bridgehead atoms. The molecule has 1 aromatic rings. The van der Waals surface area contributed by atoms with E-state index in [4.69, 9.17) is 11.6 Å². The molecule has 138 valence electrons. The molecule has 1 aromatic carbocycles. The molecule has 1 aliphatic heterocycles. The van der Waals surface area contributed by atoms with E-state index in [1.165, 1.54) is 22.9 Å². The number of carbonyl (C=O) groups is 1. The standard InChI is InChI=1S/C18H25ClN2O3S/c1-13-5-2-3-6-16(13)20-18(22)17-7-4-12-21(17)25(23,24)15-10-8-14(19)9-11-15/h8-11,13,16-17H,2-7,12H2,1H3,(H,20,22)/t13-,16-,17+/m1/s1. The highest BCUT2D eigenvalue weighted by Gasteiger charge is 2.40. The summed E-state index contributed by atoms with van der Waals surface area (Å²) in [5, 5.41) is 3.59. The molecule has 0 aromatic heterocycles. The van der Waals surface area contributed by atoms with Gasteiger partial charge in [0.1, 0.15) is 6.04 Å². The van der Waals surface area contributed by atoms with Crippen LogP contribution in [0.15, 0.2) is 29.2 Å². The maximum Gasteiger partial charge on any atom is 0.243 e. The van der Waals surface area contributed by atoms with Gasteiger partial charge in [-0.25, -0.2) is 8.42 Å². The fraction of sp³-hybridized carbons (Fsp3) is 0.611. The molecule has 0 spiro atoms. The third-order valence-corrected chi connectivity index (χ3v) is 7.54. The molecule has 0 unspecified atom stereocenters. The van der Waals surface area contributed by atoms with E-state index in [2.05, 4.69) is 12.2 Å². The minimum Gasteiger partial charge on any atom is -0.352 e. The van der Waals surface area contributed by atoms with Gasteiger partial charge in [-0.05, 0) is 55.9 Å². The topological polar surface area (TPSA) is 66.5 Å². The summed E-state index contributed by atoms with van der Waals surface area (Å²) in [4.78, 5) is 12.9. The Labute approximate surface area is 154 Å². The van der Waals surface area contributed by atoms with E-state index in [0.29, 0.717) is 30.3 Å². The largest absolute Gasteiger partial charge is 0.352 e. The normalized spacial score (nSPS) is 28.0. The van der Waals surface area contributed by atoms with Crippen LogP contribution in [-0.2, 0) is 14.8 Å². The van der Waals surface area contributed by atoms with Gasteiger partial charge in [0.2, 0.25) is 15.9 Å². The summed E-state index contributed by atoms with van der Waals surface area (Å²) in [5.74, 6) is 0.286. The number of benzene rings is 1. The molecule has 7 heteroatoms. The zero-order chi connectivity index (χ0) is 18.0. The van der Waals surface area contributed by atoms with Gasteiger partial charge in [0, 0.05) is 17.6 Å². The second kappa shape index (κ2) is 7.64. The highest BCUT2D eigenvalue weighted by molar-refractivity contribution is 7.89. The second-order valence-corrected chi connectivity index (χ2v) is 9.43. The first kappa shape index (κ1) is 18.7. The minimum absolute atomic E-state index is 0.155. The zero-order valence-electron chi connectivity index (χ0n) is 14.4. The SMILES string of the molecule is C[C@@H]1CCCC[C@H]1NC(=O)[C@@H]1CCCN1S(=O)(=O)c1ccc(Cl)cc1. The molecule has 2 fully saturated rings. The molecule has 1 saturated carbocycles. The first-order chi connectivity index (χ1) is 11.9. The van der Waals surface area contributed by atoms with E-state index >= 15 is 0 Å². The van der Waals surface area contributed by atoms with Gasteiger partial charge in [0.25, 0.3) is 0 Å². The molecule has 5 nitrogen and oxygen atoms in total. The number of sulfonamides is 1. The summed E-state index contributed by atoms with van der Waals surface area (Å²) in [6, 6.07) is 5.64. The summed E-state index contributed by atoms with van der Waals surface area (Å²) in [7, 11) is -3.69. The lowest BCUT2D eigenvalue weighted by molar-refractivity contribution is -0.125. The van der Waals surface area contributed by atoms with Crippen LogP contribution in [0.3, 0.4) is 0 Å². The van der Waals surface area contributed by atoms with Crippen LogP contribution in [0.4, 0.5) is 0 Å². The van der Waals surface area contributed by atoms with Crippen LogP contribution in [0.25, 0.3) is 0 Å². The number of amides is 1. The number of carbonyl (C=O) groups excluding carboxylic acids is 1. The monoisotopic (exact) mass is 384 g/mol. The van der Waals surface area contributed by atoms with Gasteiger partial charge in [-0.1, -0.05) is 31.4 Å². The Morgan fingerprint density at radius 2 is 1.80 bits per heavy atom. The molecule has 3 atom stereocenters. The van der Waals surface area contributed by atoms with E-state index in [9.17, 15) is 13.2 Å². The molecule has 1 N–H and O–H groups in total. The highest BCUT2D eigenvalue weighted by Crippen LogP contribution is 2.28. The summed E-state index contributed by atoms with van der Waals surface area (Å²) in [6.07, 6.45) is 5.68. The van der Waals surface area contributed by atoms with Crippen LogP contribution in [0.2, 0.25) is 5.02 Å². The van der Waals surface area contributed by atoms with E-state index < -0.39 is 16.1 Å². The highest BCUT2D eigenvalue weighted by atomic mass is 35.5. The average molecular weight is 385 g/mol. The maximum atomic E-state index is 12.9. The van der Waals surface area contributed by atoms with E-state index in [1.807, 2.05) is 0 Å². The summed E-state index contributed by atoms with van der Waals surface area (Å²) < 4.78 is 27.2. The molecule has 1 saturated heterocycles. The van der Waals surface area contributed by atoms with E-state index in [0.717, 1.165) is 19.3 Å². The number of hydrogen-bond donors (Lipinski definition) is 1. The predicted octanol–water partition coefficient (Wildman–Crippen LogP) is 3.19. The van der Waals surface area contributed by atoms with Crippen LogP contribution in [0, 0.1) is 5.92 Å². The van der Waals surface area contributed by atoms with Crippen molar-refractivity contribution in [3.8, 4) is 0 Å². The number of nitrogens with zero attached hydrogens (tertiary/aromatic N) is 1. The molecule has 2 aliphatic rings. The van der Waals surface area contributed by atoms with Gasteiger partial charge >= 0.3 is 0 Å². The van der Waals surface area contributed by atoms with Crippen molar-refractivity contribution in [1.29, 1.82) is 0 Å². The van der Waals surface area contributed by atoms with Gasteiger partial charge in [-0.15, -0.1) is 0 Å². The quantitative estimate of drug-likeness (QED) is 0.866. The smallest absolute Gasteiger partial charge is 0.243 e. The predicted molar refractivity (Wildman–Crippen MR) is 97.9 cm³/mol. The molecule has 1 amide bonds. The number of nitrogens with one attached hydrogen (secondary N) is 1. The van der Waals surface area contributed by atoms with Gasteiger partial charge in [0.05, 0.1) is 4.90 Å². The second-order valence-electron chi connectivity index (χ2n) is 7.10. The van der Waals surface area contributed by atoms with E-state index in [-0.39, 0.29) is 16.8 Å². The molecule has 1 heterocycles. The Morgan fingerprint density at radius 3 is 2.48 bits per heavy atom. The molecule has 3 rings (SSSR count). The van der Waals surface area contributed by atoms with Crippen molar-refractivity contribution in [3.05, 3.63) is 29.3 Å². The lowest BCUT2D eigenvalue weighted by Gasteiger charge is -2.32. The van der Waals surface area contributed by atoms with Crippen molar-refractivity contribution < 1.29 is 13.2 Å². The molecule has 25 heavy (non-hydrogen) atoms. The average Bonchev–Trinajstić information content (AvgIpc) is 3.08. The van der Waals surface area contributed by atoms with Crippen LogP contribution in [0.1, 0.15) is 45.4 Å². The maximum absolute atomic E-state index is 12.9. The third kappa shape index (κ3) is 4.01. The summed E-state index contributed by atoms with van der Waals surface area (Å²) in [5.41, 5.74) is 0. The Kier molecular flexibility index (Phi) is 5.71. The zero-order valence-corrected chi connectivity index (χ0v) is 16.0. The Hall–Kier alpha value is -1.11. The first-order valence-electron chi connectivity index (χ1n) is 8.97. The van der Waals surface area contributed by atoms with Gasteiger partial charge < -0.3 is 5.32 Å². The minimum atomic E-state index is -3.69. The van der Waals surface area contributed by atoms with Crippen LogP contribution in [-0.4, -0.2) is 37.3 Å². The first-order valence-corrected chi connectivity index (χ1v) is 10.8. The van der Waals surface area contributed by atoms with Crippen molar-refractivity contribution in [1.82, 2.24) is 9.62 Å². The van der Waals surface area contributed by atoms with Crippen molar-refractivity contribution >= 4 is 27.5 Å². The van der Waals surface area contributed by atoms with E-state index in [1.54, 1.807) is 12.1 Å². The number of hydrogen-bond acceptors (Lipinski definition) is 3. The molecule has 0 radical (unpaired) electrons. The lowest BCUT2D eigenvalue weighted by atomic mass is 9.86. The van der Waals surface area contributed by atoms with Crippen LogP contribution >= 0.6 is 11.6 Å². The van der Waals surface area contributed by atoms with Crippen molar-refractivity contribution in [2.75, 3.05) is 6.54 Å². The number of rotatable bonds is 4. The fourth-order valence-electron chi connectivity index (χ4n) is 3.84. The fourth-order valence-corrected chi connectivity index (χ4v) is 5.62. The van der Waals surface area contributed by atoms with Crippen LogP contribution in [0.5, 0.6) is 0 Å². The van der Waals surface area contributed by atoms with Crippen molar-refractivity contribution in [2.45, 2.75) is 62.4 Å². The Bertz CT molecular complexity index is 720. The summed E-state index contributed by atoms with van der Waals surface area (Å²) in [6.45, 7) is 2.53. The molecule has 1 aliphatic carbocycles. The van der Waals surface area contributed by atoms with Crippen molar-refractivity contribution in [3.63, 3.8) is 0 Å². The van der Waals surface area contributed by atoms with Crippen molar-refractivity contribution in [2.24, 2.45) is 5.92 Å². The Morgan fingerprint density at radius 1 is 1.12 bits per heavy atom. The third-order valence-electron chi connectivity index (χ3n) is 5.37. The molecular formula is C18H25ClN2O3S. The van der Waals surface area contributed by atoms with Gasteiger partial charge in [-0.3, -0.25) is 4.79 Å². The van der Waals surface area contributed by atoms with Crippen LogP contribution < -0.4 is 5.32 Å². The van der Waals surface area contributed by atoms with Gasteiger partial charge in [-0.2, -0.15) is 4.31 Å². The molecular weight excluding hydrogens is 360 g/mol. The lowest BCUT2D eigenvalue weighted by Crippen LogP contribution is -2.50. The number of halogens is 1. The summed E-state index contributed by atoms with van der Waals surface area (Å²) >= 11 is 5.85. The Balaban J connectivity index is 1.75.